The first-order chi connectivity index (χ1) is 18.0. The van der Waals surface area contributed by atoms with Gasteiger partial charge in [0.05, 0.1) is 11.9 Å². The Kier molecular flexibility index (Phi) is 10.6. The van der Waals surface area contributed by atoms with Crippen molar-refractivity contribution in [3.05, 3.63) is 98.4 Å². The highest BCUT2D eigenvalue weighted by Crippen LogP contribution is 2.29. The summed E-state index contributed by atoms with van der Waals surface area (Å²) >= 11 is 15.9. The summed E-state index contributed by atoms with van der Waals surface area (Å²) in [4.78, 5) is 28.7. The van der Waals surface area contributed by atoms with Gasteiger partial charge in [0.2, 0.25) is 21.8 Å². The van der Waals surface area contributed by atoms with Crippen molar-refractivity contribution in [3.63, 3.8) is 0 Å². The number of likely N-dealkylation sites (N-methyl/N-ethyl adjacent to an activating group) is 1. The minimum atomic E-state index is -3.86. The summed E-state index contributed by atoms with van der Waals surface area (Å²) in [7, 11) is -3.86. The molecule has 0 saturated heterocycles. The van der Waals surface area contributed by atoms with E-state index in [0.717, 1.165) is 16.1 Å². The van der Waals surface area contributed by atoms with Crippen molar-refractivity contribution in [2.45, 2.75) is 25.9 Å². The molecule has 38 heavy (non-hydrogen) atoms. The Hall–Kier alpha value is -2.59. The zero-order chi connectivity index (χ0) is 27.9. The zero-order valence-corrected chi connectivity index (χ0v) is 24.8. The van der Waals surface area contributed by atoms with Crippen LogP contribution in [-0.4, -0.2) is 50.5 Å². The van der Waals surface area contributed by atoms with Gasteiger partial charge in [0.15, 0.2) is 0 Å². The number of amides is 2. The third kappa shape index (κ3) is 7.96. The number of nitrogens with one attached hydrogen (secondary N) is 1. The highest BCUT2D eigenvalue weighted by molar-refractivity contribution is 9.10. The molecule has 0 heterocycles. The lowest BCUT2D eigenvalue weighted by molar-refractivity contribution is -0.140. The van der Waals surface area contributed by atoms with E-state index in [0.29, 0.717) is 32.3 Å². The number of carbonyl (C=O) groups is 2. The fraction of sp³-hybridized carbons (Fsp3) is 0.259. The molecule has 2 amide bonds. The van der Waals surface area contributed by atoms with Gasteiger partial charge in [-0.2, -0.15) is 0 Å². The van der Waals surface area contributed by atoms with E-state index >= 15 is 0 Å². The number of halogens is 3. The third-order valence-electron chi connectivity index (χ3n) is 5.78. The minimum absolute atomic E-state index is 0.0307. The van der Waals surface area contributed by atoms with Crippen molar-refractivity contribution in [2.75, 3.05) is 23.7 Å². The summed E-state index contributed by atoms with van der Waals surface area (Å²) in [5.74, 6) is -0.925. The lowest BCUT2D eigenvalue weighted by Gasteiger charge is -2.33. The fourth-order valence-corrected chi connectivity index (χ4v) is 5.87. The summed E-state index contributed by atoms with van der Waals surface area (Å²) in [5, 5.41) is 3.57. The molecule has 1 atom stereocenters. The maximum atomic E-state index is 14.0. The number of hydrogen-bond acceptors (Lipinski definition) is 4. The smallest absolute Gasteiger partial charge is 0.244 e. The summed E-state index contributed by atoms with van der Waals surface area (Å²) in [6, 6.07) is 20.0. The summed E-state index contributed by atoms with van der Waals surface area (Å²) < 4.78 is 27.1. The van der Waals surface area contributed by atoms with Crippen LogP contribution in [0.4, 0.5) is 5.69 Å². The summed E-state index contributed by atoms with van der Waals surface area (Å²) in [6.07, 6.45) is 1.25. The molecule has 3 rings (SSSR count). The van der Waals surface area contributed by atoms with Crippen LogP contribution in [0.2, 0.25) is 10.0 Å². The number of para-hydroxylation sites is 1. The molecular weight excluding hydrogens is 613 g/mol. The van der Waals surface area contributed by atoms with Crippen molar-refractivity contribution >= 4 is 66.7 Å². The second-order valence-electron chi connectivity index (χ2n) is 8.58. The van der Waals surface area contributed by atoms with Gasteiger partial charge in [-0.3, -0.25) is 13.9 Å². The molecule has 3 aromatic carbocycles. The molecule has 11 heteroatoms. The Morgan fingerprint density at radius 3 is 2.26 bits per heavy atom. The van der Waals surface area contributed by atoms with Crippen molar-refractivity contribution in [3.8, 4) is 0 Å². The highest BCUT2D eigenvalue weighted by atomic mass is 79.9. The molecule has 0 aliphatic rings. The number of carbonyl (C=O) groups excluding carboxylic acids is 2. The number of anilines is 1. The molecule has 0 fully saturated rings. The lowest BCUT2D eigenvalue weighted by Crippen LogP contribution is -2.53. The maximum absolute atomic E-state index is 14.0. The van der Waals surface area contributed by atoms with Crippen molar-refractivity contribution < 1.29 is 18.0 Å². The molecule has 0 radical (unpaired) electrons. The molecule has 0 spiro atoms. The van der Waals surface area contributed by atoms with Crippen LogP contribution in [0.25, 0.3) is 0 Å². The number of nitrogens with zero attached hydrogens (tertiary/aromatic N) is 2. The van der Waals surface area contributed by atoms with Crippen LogP contribution in [0.5, 0.6) is 0 Å². The quantitative estimate of drug-likeness (QED) is 0.308. The number of rotatable bonds is 11. The van der Waals surface area contributed by atoms with Gasteiger partial charge in [0.25, 0.3) is 0 Å². The van der Waals surface area contributed by atoms with Gasteiger partial charge in [-0.05, 0) is 58.2 Å². The van der Waals surface area contributed by atoms with Crippen LogP contribution < -0.4 is 9.62 Å². The molecule has 0 aliphatic carbocycles. The molecule has 7 nitrogen and oxygen atoms in total. The van der Waals surface area contributed by atoms with Crippen LogP contribution in [0.3, 0.4) is 0 Å². The van der Waals surface area contributed by atoms with Gasteiger partial charge in [-0.1, -0.05) is 71.7 Å². The van der Waals surface area contributed by atoms with Crippen LogP contribution in [0.15, 0.2) is 77.3 Å². The molecule has 3 aromatic rings. The molecule has 0 saturated carbocycles. The van der Waals surface area contributed by atoms with Crippen molar-refractivity contribution in [1.82, 2.24) is 10.2 Å². The largest absolute Gasteiger partial charge is 0.355 e. The highest BCUT2D eigenvalue weighted by Gasteiger charge is 2.33. The summed E-state index contributed by atoms with van der Waals surface area (Å²) in [5.41, 5.74) is 1.72. The van der Waals surface area contributed by atoms with Gasteiger partial charge in [-0.25, -0.2) is 8.42 Å². The second-order valence-corrected chi connectivity index (χ2v) is 12.2. The van der Waals surface area contributed by atoms with E-state index < -0.39 is 28.5 Å². The van der Waals surface area contributed by atoms with Gasteiger partial charge in [0.1, 0.15) is 12.6 Å². The Bertz CT molecular complexity index is 1390. The second kappa shape index (κ2) is 13.5. The summed E-state index contributed by atoms with van der Waals surface area (Å²) in [6.45, 7) is 1.60. The van der Waals surface area contributed by atoms with E-state index in [9.17, 15) is 18.0 Å². The molecule has 0 aromatic heterocycles. The predicted molar refractivity (Wildman–Crippen MR) is 156 cm³/mol. The molecular formula is C27H28BrCl2N3O4S. The number of sulfonamides is 1. The Morgan fingerprint density at radius 2 is 1.66 bits per heavy atom. The topological polar surface area (TPSA) is 86.8 Å². The van der Waals surface area contributed by atoms with Crippen LogP contribution in [0.1, 0.15) is 18.1 Å². The molecule has 1 N–H and O–H groups in total. The lowest BCUT2D eigenvalue weighted by atomic mass is 10.0. The van der Waals surface area contributed by atoms with E-state index in [1.54, 1.807) is 49.4 Å². The fourth-order valence-electron chi connectivity index (χ4n) is 3.93. The Balaban J connectivity index is 2.08. The van der Waals surface area contributed by atoms with E-state index in [1.165, 1.54) is 4.90 Å². The predicted octanol–water partition coefficient (Wildman–Crippen LogP) is 5.30. The molecule has 0 aliphatic heterocycles. The third-order valence-corrected chi connectivity index (χ3v) is 8.16. The average Bonchev–Trinajstić information content (AvgIpc) is 2.86. The maximum Gasteiger partial charge on any atom is 0.244 e. The number of hydrogen-bond donors (Lipinski definition) is 1. The van der Waals surface area contributed by atoms with Crippen molar-refractivity contribution in [2.24, 2.45) is 0 Å². The standard InChI is InChI=1S/C27H28BrCl2N3O4S/c1-3-31-27(35)25(15-19-9-5-4-6-10-19)32(17-20-13-14-21(29)16-23(20)30)26(34)18-33(38(2,36)37)24-12-8-7-11-22(24)28/h4-14,16,25H,3,15,17-18H2,1-2H3,(H,31,35)/t25-/m1/s1. The average molecular weight is 641 g/mol. The van der Waals surface area contributed by atoms with Crippen molar-refractivity contribution in [1.29, 1.82) is 0 Å². The molecule has 0 unspecified atom stereocenters. The Labute approximate surface area is 241 Å². The zero-order valence-electron chi connectivity index (χ0n) is 20.9. The first kappa shape index (κ1) is 30.0. The van der Waals surface area contributed by atoms with E-state index in [2.05, 4.69) is 21.2 Å². The van der Waals surface area contributed by atoms with Gasteiger partial charge in [-0.15, -0.1) is 0 Å². The first-order valence-electron chi connectivity index (χ1n) is 11.8. The van der Waals surface area contributed by atoms with E-state index in [1.807, 2.05) is 30.3 Å². The molecule has 202 valence electrons. The number of benzene rings is 3. The van der Waals surface area contributed by atoms with Gasteiger partial charge in [0, 0.05) is 34.0 Å². The van der Waals surface area contributed by atoms with Gasteiger partial charge >= 0.3 is 0 Å². The SMILES string of the molecule is CCNC(=O)[C@@H](Cc1ccccc1)N(Cc1ccc(Cl)cc1Cl)C(=O)CN(c1ccccc1Br)S(C)(=O)=O. The van der Waals surface area contributed by atoms with Crippen LogP contribution in [0, 0.1) is 0 Å². The normalized spacial score (nSPS) is 12.0. The van der Waals surface area contributed by atoms with Gasteiger partial charge < -0.3 is 10.2 Å². The molecule has 0 bridgehead atoms. The van der Waals surface area contributed by atoms with E-state index in [-0.39, 0.29) is 18.9 Å². The minimum Gasteiger partial charge on any atom is -0.355 e. The first-order valence-corrected chi connectivity index (χ1v) is 15.2. The van der Waals surface area contributed by atoms with Crippen LogP contribution >= 0.6 is 39.1 Å². The Morgan fingerprint density at radius 1 is 1.00 bits per heavy atom. The van der Waals surface area contributed by atoms with Crippen LogP contribution in [-0.2, 0) is 32.6 Å². The van der Waals surface area contributed by atoms with E-state index in [4.69, 9.17) is 23.2 Å². The monoisotopic (exact) mass is 639 g/mol.